The summed E-state index contributed by atoms with van der Waals surface area (Å²) in [6, 6.07) is 0. The van der Waals surface area contributed by atoms with Crippen molar-refractivity contribution in [1.82, 2.24) is 4.90 Å². The molecule has 0 unspecified atom stereocenters. The Kier molecular flexibility index (Phi) is 0.855. The van der Waals surface area contributed by atoms with Crippen molar-refractivity contribution in [1.29, 1.82) is 0 Å². The predicted molar refractivity (Wildman–Crippen MR) is 29.2 cm³/mol. The molecule has 0 amide bonds. The highest BCUT2D eigenvalue weighted by Gasteiger charge is 2.05. The second kappa shape index (κ2) is 1.37. The van der Waals surface area contributed by atoms with Crippen LogP contribution in [-0.2, 0) is 0 Å². The zero-order valence-electron chi connectivity index (χ0n) is 4.46. The number of rotatable bonds is 0. The second-order valence-corrected chi connectivity index (χ2v) is 1.79. The van der Waals surface area contributed by atoms with Crippen LogP contribution in [-0.4, -0.2) is 29.9 Å². The fourth-order valence-electron chi connectivity index (χ4n) is 0.589. The van der Waals surface area contributed by atoms with Crippen LogP contribution in [0.4, 0.5) is 0 Å². The molecule has 1 rings (SSSR count). The van der Waals surface area contributed by atoms with Gasteiger partial charge in [-0.25, -0.2) is 0 Å². The SMILES string of the molecule is C=[N+]1C=CN(C)C1. The van der Waals surface area contributed by atoms with Crippen LogP contribution in [0.2, 0.25) is 0 Å². The average molecular weight is 97.1 g/mol. The molecule has 1 heterocycles. The van der Waals surface area contributed by atoms with Crippen molar-refractivity contribution >= 4 is 6.72 Å². The third-order valence-electron chi connectivity index (χ3n) is 0.937. The number of hydrogen-bond donors (Lipinski definition) is 0. The Balaban J connectivity index is 2.58. The summed E-state index contributed by atoms with van der Waals surface area (Å²) >= 11 is 0. The van der Waals surface area contributed by atoms with Gasteiger partial charge in [-0.3, -0.25) is 0 Å². The van der Waals surface area contributed by atoms with Crippen molar-refractivity contribution in [2.45, 2.75) is 0 Å². The van der Waals surface area contributed by atoms with Crippen LogP contribution in [0.15, 0.2) is 12.4 Å². The predicted octanol–water partition coefficient (Wildman–Crippen LogP) is 0.0736. The van der Waals surface area contributed by atoms with E-state index in [-0.39, 0.29) is 0 Å². The fourth-order valence-corrected chi connectivity index (χ4v) is 0.589. The lowest BCUT2D eigenvalue weighted by Gasteiger charge is -1.97. The van der Waals surface area contributed by atoms with Crippen molar-refractivity contribution in [2.24, 2.45) is 0 Å². The van der Waals surface area contributed by atoms with Gasteiger partial charge in [0.1, 0.15) is 6.72 Å². The zero-order chi connectivity index (χ0) is 5.28. The van der Waals surface area contributed by atoms with Crippen LogP contribution in [0.1, 0.15) is 0 Å². The first-order valence-electron chi connectivity index (χ1n) is 2.25. The molecule has 0 aromatic rings. The molecule has 0 saturated carbocycles. The topological polar surface area (TPSA) is 6.25 Å². The summed E-state index contributed by atoms with van der Waals surface area (Å²) in [7, 11) is 2.02. The molecule has 0 aromatic carbocycles. The molecule has 0 saturated heterocycles. The van der Waals surface area contributed by atoms with Crippen molar-refractivity contribution in [2.75, 3.05) is 13.7 Å². The molecule has 0 N–H and O–H groups in total. The summed E-state index contributed by atoms with van der Waals surface area (Å²) in [5, 5.41) is 0. The van der Waals surface area contributed by atoms with Crippen LogP contribution in [0.3, 0.4) is 0 Å². The Bertz CT molecular complexity index is 115. The molecule has 0 atom stereocenters. The third kappa shape index (κ3) is 0.796. The zero-order valence-corrected chi connectivity index (χ0v) is 4.46. The Morgan fingerprint density at radius 3 is 2.71 bits per heavy atom. The van der Waals surface area contributed by atoms with Gasteiger partial charge in [0.05, 0.1) is 6.20 Å². The highest BCUT2D eigenvalue weighted by Crippen LogP contribution is 1.92. The standard InChI is InChI=1S/C5H9N2/c1-6-3-4-7(2)5-6/h3-4H,1,5H2,2H3/q+1. The average Bonchev–Trinajstić information content (AvgIpc) is 1.87. The minimum absolute atomic E-state index is 0.917. The highest BCUT2D eigenvalue weighted by atomic mass is 15.3. The molecule has 0 bridgehead atoms. The third-order valence-corrected chi connectivity index (χ3v) is 0.937. The van der Waals surface area contributed by atoms with E-state index in [1.54, 1.807) is 0 Å². The van der Waals surface area contributed by atoms with E-state index < -0.39 is 0 Å². The van der Waals surface area contributed by atoms with Crippen LogP contribution >= 0.6 is 0 Å². The van der Waals surface area contributed by atoms with Crippen LogP contribution in [0.5, 0.6) is 0 Å². The Hall–Kier alpha value is -0.790. The van der Waals surface area contributed by atoms with Crippen molar-refractivity contribution < 1.29 is 4.58 Å². The maximum absolute atomic E-state index is 3.69. The van der Waals surface area contributed by atoms with Gasteiger partial charge in [-0.15, -0.1) is 0 Å². The normalized spacial score (nSPS) is 19.0. The lowest BCUT2D eigenvalue weighted by molar-refractivity contribution is -0.453. The van der Waals surface area contributed by atoms with E-state index in [1.807, 2.05) is 24.0 Å². The van der Waals surface area contributed by atoms with Gasteiger partial charge < -0.3 is 4.90 Å². The van der Waals surface area contributed by atoms with E-state index in [2.05, 4.69) is 11.6 Å². The van der Waals surface area contributed by atoms with Crippen molar-refractivity contribution in [3.8, 4) is 0 Å². The summed E-state index contributed by atoms with van der Waals surface area (Å²) < 4.78 is 1.88. The summed E-state index contributed by atoms with van der Waals surface area (Å²) in [6.45, 7) is 4.61. The van der Waals surface area contributed by atoms with E-state index in [0.717, 1.165) is 6.67 Å². The molecule has 0 aromatic heterocycles. The quantitative estimate of drug-likeness (QED) is 0.388. The Labute approximate surface area is 43.4 Å². The lowest BCUT2D eigenvalue weighted by Crippen LogP contribution is -2.12. The van der Waals surface area contributed by atoms with Gasteiger partial charge in [-0.2, -0.15) is 4.58 Å². The first-order valence-corrected chi connectivity index (χ1v) is 2.25. The number of nitrogens with zero attached hydrogens (tertiary/aromatic N) is 2. The van der Waals surface area contributed by atoms with Gasteiger partial charge in [-0.1, -0.05) is 0 Å². The maximum atomic E-state index is 3.69. The summed E-state index contributed by atoms with van der Waals surface area (Å²) in [6.07, 6.45) is 3.94. The molecule has 1 aliphatic rings. The summed E-state index contributed by atoms with van der Waals surface area (Å²) in [4.78, 5) is 2.06. The molecule has 7 heavy (non-hydrogen) atoms. The maximum Gasteiger partial charge on any atom is 0.222 e. The first kappa shape index (κ1) is 4.37. The Morgan fingerprint density at radius 1 is 1.86 bits per heavy atom. The van der Waals surface area contributed by atoms with Crippen molar-refractivity contribution in [3.05, 3.63) is 12.4 Å². The largest absolute Gasteiger partial charge is 0.321 e. The van der Waals surface area contributed by atoms with Crippen LogP contribution in [0.25, 0.3) is 0 Å². The molecule has 1 aliphatic heterocycles. The van der Waals surface area contributed by atoms with Crippen molar-refractivity contribution in [3.63, 3.8) is 0 Å². The van der Waals surface area contributed by atoms with Gasteiger partial charge in [0.25, 0.3) is 0 Å². The second-order valence-electron chi connectivity index (χ2n) is 1.79. The van der Waals surface area contributed by atoms with Crippen LogP contribution < -0.4 is 0 Å². The summed E-state index contributed by atoms with van der Waals surface area (Å²) in [5.74, 6) is 0. The van der Waals surface area contributed by atoms with E-state index in [1.165, 1.54) is 0 Å². The minimum Gasteiger partial charge on any atom is -0.321 e. The van der Waals surface area contributed by atoms with E-state index in [9.17, 15) is 0 Å². The van der Waals surface area contributed by atoms with Gasteiger partial charge >= 0.3 is 0 Å². The molecule has 0 spiro atoms. The van der Waals surface area contributed by atoms with Gasteiger partial charge in [0.15, 0.2) is 6.20 Å². The smallest absolute Gasteiger partial charge is 0.222 e. The lowest BCUT2D eigenvalue weighted by atomic mass is 10.9. The molecular formula is C5H9N2+. The van der Waals surface area contributed by atoms with E-state index in [0.29, 0.717) is 0 Å². The molecule has 38 valence electrons. The van der Waals surface area contributed by atoms with Gasteiger partial charge in [-0.05, 0) is 0 Å². The number of hydrogen-bond acceptors (Lipinski definition) is 1. The first-order chi connectivity index (χ1) is 3.29. The molecule has 0 radical (unpaired) electrons. The van der Waals surface area contributed by atoms with Crippen LogP contribution in [0, 0.1) is 0 Å². The van der Waals surface area contributed by atoms with E-state index in [4.69, 9.17) is 0 Å². The molecule has 0 aliphatic carbocycles. The van der Waals surface area contributed by atoms with Gasteiger partial charge in [0, 0.05) is 7.05 Å². The molecule has 2 heteroatoms. The van der Waals surface area contributed by atoms with Gasteiger partial charge in [0.2, 0.25) is 6.67 Å². The minimum atomic E-state index is 0.917. The highest BCUT2D eigenvalue weighted by molar-refractivity contribution is 5.15. The fraction of sp³-hybridized carbons (Fsp3) is 0.400. The Morgan fingerprint density at radius 2 is 2.57 bits per heavy atom. The monoisotopic (exact) mass is 97.1 g/mol. The summed E-state index contributed by atoms with van der Waals surface area (Å²) in [5.41, 5.74) is 0. The molecular weight excluding hydrogens is 88.1 g/mol. The molecule has 0 fully saturated rings. The van der Waals surface area contributed by atoms with E-state index >= 15 is 0 Å². The molecule has 2 nitrogen and oxygen atoms in total.